The summed E-state index contributed by atoms with van der Waals surface area (Å²) >= 11 is 0. The molecule has 2 N–H and O–H groups in total. The van der Waals surface area contributed by atoms with Crippen LogP contribution in [0.15, 0.2) is 35.1 Å². The fourth-order valence-corrected chi connectivity index (χ4v) is 4.54. The largest absolute Gasteiger partial charge is 0.493 e. The molecule has 166 valence electrons. The standard InChI is InChI=1S/C23H29N3O5/c1-29-17-11-15(12-18(30-2)21(17)31-3)20-19-16(24-23(28)25-20)13-26(22(19)27)10-9-14-7-5-4-6-8-14/h7,11-12,20H,4-6,8-10,13H2,1-3H3,(H2,24,25,28)/t20-/m1/s1. The van der Waals surface area contributed by atoms with Crippen LogP contribution in [0.4, 0.5) is 4.79 Å². The molecule has 2 aliphatic heterocycles. The second kappa shape index (κ2) is 8.91. The highest BCUT2D eigenvalue weighted by Gasteiger charge is 2.40. The van der Waals surface area contributed by atoms with Crippen LogP contribution >= 0.6 is 0 Å². The van der Waals surface area contributed by atoms with Crippen LogP contribution in [0.2, 0.25) is 0 Å². The Morgan fingerprint density at radius 3 is 2.42 bits per heavy atom. The number of methoxy groups -OCH3 is 3. The molecule has 0 radical (unpaired) electrons. The number of nitrogens with zero attached hydrogens (tertiary/aromatic N) is 1. The van der Waals surface area contributed by atoms with Crippen molar-refractivity contribution in [3.05, 3.63) is 40.6 Å². The minimum absolute atomic E-state index is 0.0577. The predicted octanol–water partition coefficient (Wildman–Crippen LogP) is 3.05. The number of nitrogens with one attached hydrogen (secondary N) is 2. The third kappa shape index (κ3) is 4.06. The van der Waals surface area contributed by atoms with Crippen LogP contribution in [-0.2, 0) is 4.79 Å². The average Bonchev–Trinajstić information content (AvgIpc) is 3.11. The molecule has 2 heterocycles. The van der Waals surface area contributed by atoms with Gasteiger partial charge >= 0.3 is 6.03 Å². The van der Waals surface area contributed by atoms with Crippen molar-refractivity contribution in [3.63, 3.8) is 0 Å². The first kappa shape index (κ1) is 21.1. The summed E-state index contributed by atoms with van der Waals surface area (Å²) in [4.78, 5) is 27.5. The van der Waals surface area contributed by atoms with Gasteiger partial charge in [0, 0.05) is 6.54 Å². The summed E-state index contributed by atoms with van der Waals surface area (Å²) in [7, 11) is 4.61. The fraction of sp³-hybridized carbons (Fsp3) is 0.478. The van der Waals surface area contributed by atoms with Crippen LogP contribution in [0.1, 0.15) is 43.7 Å². The summed E-state index contributed by atoms with van der Waals surface area (Å²) in [5, 5.41) is 5.70. The lowest BCUT2D eigenvalue weighted by Gasteiger charge is -2.26. The number of allylic oxidation sites excluding steroid dienone is 1. The van der Waals surface area contributed by atoms with Gasteiger partial charge < -0.3 is 29.7 Å². The van der Waals surface area contributed by atoms with E-state index in [4.69, 9.17) is 14.2 Å². The maximum absolute atomic E-state index is 13.3. The van der Waals surface area contributed by atoms with E-state index < -0.39 is 6.04 Å². The molecule has 0 aromatic heterocycles. The second-order valence-corrected chi connectivity index (χ2v) is 7.97. The molecule has 31 heavy (non-hydrogen) atoms. The molecule has 1 aromatic carbocycles. The normalized spacial score (nSPS) is 20.7. The molecule has 0 unspecified atom stereocenters. The maximum Gasteiger partial charge on any atom is 0.319 e. The van der Waals surface area contributed by atoms with Gasteiger partial charge in [-0.05, 0) is 49.8 Å². The van der Waals surface area contributed by atoms with Crippen molar-refractivity contribution in [3.8, 4) is 17.2 Å². The van der Waals surface area contributed by atoms with Crippen LogP contribution in [-0.4, -0.2) is 51.3 Å². The van der Waals surface area contributed by atoms with E-state index in [-0.39, 0.29) is 11.9 Å². The monoisotopic (exact) mass is 427 g/mol. The molecule has 0 fully saturated rings. The number of ether oxygens (including phenoxy) is 3. The molecule has 0 saturated heterocycles. The van der Waals surface area contributed by atoms with Gasteiger partial charge in [-0.25, -0.2) is 4.79 Å². The van der Waals surface area contributed by atoms with Crippen molar-refractivity contribution in [2.45, 2.75) is 38.1 Å². The maximum atomic E-state index is 13.3. The molecule has 0 saturated carbocycles. The van der Waals surface area contributed by atoms with Gasteiger partial charge in [0.05, 0.1) is 45.2 Å². The summed E-state index contributed by atoms with van der Waals surface area (Å²) < 4.78 is 16.3. The quantitative estimate of drug-likeness (QED) is 0.653. The van der Waals surface area contributed by atoms with Crippen LogP contribution in [0.3, 0.4) is 0 Å². The Kier molecular flexibility index (Phi) is 6.06. The van der Waals surface area contributed by atoms with Gasteiger partial charge in [-0.3, -0.25) is 4.79 Å². The van der Waals surface area contributed by atoms with Crippen molar-refractivity contribution in [1.29, 1.82) is 0 Å². The van der Waals surface area contributed by atoms with Crippen molar-refractivity contribution >= 4 is 11.9 Å². The Morgan fingerprint density at radius 1 is 1.06 bits per heavy atom. The summed E-state index contributed by atoms with van der Waals surface area (Å²) in [6, 6.07) is 2.61. The van der Waals surface area contributed by atoms with Gasteiger partial charge in [0.1, 0.15) is 0 Å². The van der Waals surface area contributed by atoms with E-state index in [0.29, 0.717) is 47.2 Å². The van der Waals surface area contributed by atoms with Crippen LogP contribution in [0.5, 0.6) is 17.2 Å². The van der Waals surface area contributed by atoms with Crippen LogP contribution in [0, 0.1) is 0 Å². The first-order valence-electron chi connectivity index (χ1n) is 10.6. The Hall–Kier alpha value is -3.16. The number of urea groups is 1. The number of rotatable bonds is 7. The summed E-state index contributed by atoms with van der Waals surface area (Å²) in [5.41, 5.74) is 3.34. The lowest BCUT2D eigenvalue weighted by Crippen LogP contribution is -2.44. The van der Waals surface area contributed by atoms with E-state index in [1.54, 1.807) is 12.1 Å². The van der Waals surface area contributed by atoms with Gasteiger partial charge in [-0.15, -0.1) is 0 Å². The van der Waals surface area contributed by atoms with Crippen molar-refractivity contribution in [2.75, 3.05) is 34.4 Å². The van der Waals surface area contributed by atoms with E-state index in [1.165, 1.54) is 39.7 Å². The number of hydrogen-bond acceptors (Lipinski definition) is 5. The smallest absolute Gasteiger partial charge is 0.319 e. The molecule has 8 nitrogen and oxygen atoms in total. The highest BCUT2D eigenvalue weighted by atomic mass is 16.5. The lowest BCUT2D eigenvalue weighted by molar-refractivity contribution is -0.125. The zero-order valence-electron chi connectivity index (χ0n) is 18.2. The lowest BCUT2D eigenvalue weighted by atomic mass is 9.95. The van der Waals surface area contributed by atoms with Gasteiger partial charge in [0.2, 0.25) is 5.75 Å². The summed E-state index contributed by atoms with van der Waals surface area (Å²) in [5.74, 6) is 1.35. The number of amides is 3. The Morgan fingerprint density at radius 2 is 1.81 bits per heavy atom. The van der Waals surface area contributed by atoms with Gasteiger partial charge in [-0.2, -0.15) is 0 Å². The van der Waals surface area contributed by atoms with Gasteiger partial charge in [0.25, 0.3) is 5.91 Å². The number of benzene rings is 1. The Labute approximate surface area is 182 Å². The molecular weight excluding hydrogens is 398 g/mol. The molecule has 1 aliphatic carbocycles. The van der Waals surface area contributed by atoms with E-state index in [9.17, 15) is 9.59 Å². The summed E-state index contributed by atoms with van der Waals surface area (Å²) in [6.07, 6.45) is 7.89. The minimum Gasteiger partial charge on any atom is -0.493 e. The molecule has 3 aliphatic rings. The number of carbonyl (C=O) groups is 2. The number of carbonyl (C=O) groups excluding carboxylic acids is 2. The topological polar surface area (TPSA) is 89.1 Å². The fourth-order valence-electron chi connectivity index (χ4n) is 4.54. The third-order valence-electron chi connectivity index (χ3n) is 6.13. The number of hydrogen-bond donors (Lipinski definition) is 2. The van der Waals surface area contributed by atoms with E-state index in [1.807, 2.05) is 4.90 Å². The molecule has 1 aromatic rings. The second-order valence-electron chi connectivity index (χ2n) is 7.97. The van der Waals surface area contributed by atoms with E-state index in [0.717, 1.165) is 19.3 Å². The van der Waals surface area contributed by atoms with Crippen LogP contribution in [0.25, 0.3) is 0 Å². The SMILES string of the molecule is COc1cc([C@H]2NC(=O)NC3=C2C(=O)N(CCC2=CCCCC2)C3)cc(OC)c1OC. The molecule has 3 amide bonds. The van der Waals surface area contributed by atoms with E-state index in [2.05, 4.69) is 16.7 Å². The first-order chi connectivity index (χ1) is 15.0. The minimum atomic E-state index is -0.594. The molecular formula is C23H29N3O5. The van der Waals surface area contributed by atoms with Crippen molar-refractivity contribution < 1.29 is 23.8 Å². The Balaban J connectivity index is 1.61. The molecule has 1 atom stereocenters. The molecule has 0 spiro atoms. The zero-order valence-corrected chi connectivity index (χ0v) is 18.2. The molecule has 4 rings (SSSR count). The highest BCUT2D eigenvalue weighted by Crippen LogP contribution is 2.42. The van der Waals surface area contributed by atoms with Crippen LogP contribution < -0.4 is 24.8 Å². The van der Waals surface area contributed by atoms with Crippen molar-refractivity contribution in [1.82, 2.24) is 15.5 Å². The molecule has 0 bridgehead atoms. The first-order valence-corrected chi connectivity index (χ1v) is 10.6. The van der Waals surface area contributed by atoms with Crippen molar-refractivity contribution in [2.24, 2.45) is 0 Å². The van der Waals surface area contributed by atoms with Gasteiger partial charge in [0.15, 0.2) is 11.5 Å². The molecule has 8 heteroatoms. The predicted molar refractivity (Wildman–Crippen MR) is 115 cm³/mol. The van der Waals surface area contributed by atoms with Gasteiger partial charge in [-0.1, -0.05) is 11.6 Å². The average molecular weight is 428 g/mol. The van der Waals surface area contributed by atoms with E-state index >= 15 is 0 Å². The Bertz CT molecular complexity index is 928. The summed E-state index contributed by atoms with van der Waals surface area (Å²) in [6.45, 7) is 1.06. The highest BCUT2D eigenvalue weighted by molar-refractivity contribution is 6.01. The third-order valence-corrected chi connectivity index (χ3v) is 6.13. The zero-order chi connectivity index (χ0) is 22.0.